The number of hydrogen-bond acceptors (Lipinski definition) is 4. The van der Waals surface area contributed by atoms with Gasteiger partial charge in [-0.3, -0.25) is 15.6 Å². The van der Waals surface area contributed by atoms with Crippen molar-refractivity contribution in [1.29, 1.82) is 0 Å². The second-order valence-electron chi connectivity index (χ2n) is 4.78. The van der Waals surface area contributed by atoms with E-state index < -0.39 is 0 Å². The normalized spacial score (nSPS) is 11.8. The number of pyridine rings is 1. The number of hydrogen-bond donors (Lipinski definition) is 3. The summed E-state index contributed by atoms with van der Waals surface area (Å²) in [6.45, 7) is 1.88. The van der Waals surface area contributed by atoms with Crippen molar-refractivity contribution in [3.8, 4) is 0 Å². The number of benzene rings is 1. The standard InChI is InChI=1S/C15H17FN4O/c1-10(8-11-2-4-12(16)5-3-11)19-15(21)14-9-13(20-17)6-7-18-14/h2-7,9-10H,8,17H2,1H3,(H,18,20)(H,19,21). The van der Waals surface area contributed by atoms with E-state index in [0.717, 1.165) is 5.56 Å². The van der Waals surface area contributed by atoms with E-state index >= 15 is 0 Å². The molecular weight excluding hydrogens is 271 g/mol. The highest BCUT2D eigenvalue weighted by Gasteiger charge is 2.12. The van der Waals surface area contributed by atoms with Crippen LogP contribution in [0.4, 0.5) is 10.1 Å². The van der Waals surface area contributed by atoms with Crippen LogP contribution in [-0.4, -0.2) is 16.9 Å². The Bertz CT molecular complexity index is 615. The SMILES string of the molecule is CC(Cc1ccc(F)cc1)NC(=O)c1cc(NN)ccn1. The maximum atomic E-state index is 12.8. The molecule has 1 aromatic carbocycles. The molecular formula is C15H17FN4O. The Labute approximate surface area is 122 Å². The molecule has 1 amide bonds. The van der Waals surface area contributed by atoms with Gasteiger partial charge < -0.3 is 10.7 Å². The van der Waals surface area contributed by atoms with Crippen LogP contribution >= 0.6 is 0 Å². The number of nitrogen functional groups attached to an aromatic ring is 1. The molecule has 0 aliphatic carbocycles. The molecule has 21 heavy (non-hydrogen) atoms. The van der Waals surface area contributed by atoms with E-state index in [1.807, 2.05) is 6.92 Å². The second kappa shape index (κ2) is 6.81. The van der Waals surface area contributed by atoms with Crippen molar-refractivity contribution in [3.63, 3.8) is 0 Å². The van der Waals surface area contributed by atoms with Crippen LogP contribution in [0.5, 0.6) is 0 Å². The minimum absolute atomic E-state index is 0.0979. The topological polar surface area (TPSA) is 80.0 Å². The van der Waals surface area contributed by atoms with E-state index in [-0.39, 0.29) is 23.5 Å². The first-order chi connectivity index (χ1) is 10.1. The fourth-order valence-corrected chi connectivity index (χ4v) is 1.97. The largest absolute Gasteiger partial charge is 0.348 e. The average molecular weight is 288 g/mol. The Kier molecular flexibility index (Phi) is 4.84. The van der Waals surface area contributed by atoms with Crippen molar-refractivity contribution in [3.05, 3.63) is 59.7 Å². The van der Waals surface area contributed by atoms with Crippen LogP contribution in [-0.2, 0) is 6.42 Å². The second-order valence-corrected chi connectivity index (χ2v) is 4.78. The maximum Gasteiger partial charge on any atom is 0.270 e. The fourth-order valence-electron chi connectivity index (χ4n) is 1.97. The number of anilines is 1. The molecule has 0 radical (unpaired) electrons. The number of aromatic nitrogens is 1. The Morgan fingerprint density at radius 3 is 2.71 bits per heavy atom. The summed E-state index contributed by atoms with van der Waals surface area (Å²) < 4.78 is 12.8. The molecule has 0 saturated heterocycles. The lowest BCUT2D eigenvalue weighted by atomic mass is 10.1. The van der Waals surface area contributed by atoms with Crippen molar-refractivity contribution in [2.24, 2.45) is 5.84 Å². The Morgan fingerprint density at radius 2 is 2.05 bits per heavy atom. The van der Waals surface area contributed by atoms with E-state index in [2.05, 4.69) is 15.7 Å². The summed E-state index contributed by atoms with van der Waals surface area (Å²) in [5.41, 5.74) is 4.32. The number of carbonyl (C=O) groups excluding carboxylic acids is 1. The lowest BCUT2D eigenvalue weighted by molar-refractivity contribution is 0.0935. The fraction of sp³-hybridized carbons (Fsp3) is 0.200. The predicted octanol–water partition coefficient (Wildman–Crippen LogP) is 1.87. The summed E-state index contributed by atoms with van der Waals surface area (Å²) in [4.78, 5) is 16.1. The van der Waals surface area contributed by atoms with Gasteiger partial charge in [0.2, 0.25) is 0 Å². The first kappa shape index (κ1) is 14.9. The number of amides is 1. The van der Waals surface area contributed by atoms with Crippen LogP contribution < -0.4 is 16.6 Å². The molecule has 1 atom stereocenters. The molecule has 0 spiro atoms. The van der Waals surface area contributed by atoms with Crippen molar-refractivity contribution >= 4 is 11.6 Å². The van der Waals surface area contributed by atoms with Crippen LogP contribution in [0.2, 0.25) is 0 Å². The molecule has 1 unspecified atom stereocenters. The van der Waals surface area contributed by atoms with Crippen LogP contribution in [0.3, 0.4) is 0 Å². The zero-order chi connectivity index (χ0) is 15.2. The summed E-state index contributed by atoms with van der Waals surface area (Å²) in [6.07, 6.45) is 2.12. The van der Waals surface area contributed by atoms with Gasteiger partial charge in [0.05, 0.1) is 5.69 Å². The van der Waals surface area contributed by atoms with Gasteiger partial charge in [-0.25, -0.2) is 4.39 Å². The van der Waals surface area contributed by atoms with Gasteiger partial charge in [-0.05, 0) is 43.2 Å². The molecule has 5 nitrogen and oxygen atoms in total. The quantitative estimate of drug-likeness (QED) is 0.579. The summed E-state index contributed by atoms with van der Waals surface area (Å²) in [5, 5.41) is 2.85. The smallest absolute Gasteiger partial charge is 0.270 e. The van der Waals surface area contributed by atoms with E-state index in [1.165, 1.54) is 18.3 Å². The highest BCUT2D eigenvalue weighted by atomic mass is 19.1. The zero-order valence-corrected chi connectivity index (χ0v) is 11.6. The molecule has 0 fully saturated rings. The summed E-state index contributed by atoms with van der Waals surface area (Å²) >= 11 is 0. The summed E-state index contributed by atoms with van der Waals surface area (Å²) in [7, 11) is 0. The van der Waals surface area contributed by atoms with Gasteiger partial charge in [0.15, 0.2) is 0 Å². The number of nitrogens with zero attached hydrogens (tertiary/aromatic N) is 1. The molecule has 0 aliphatic heterocycles. The third kappa shape index (κ3) is 4.25. The van der Waals surface area contributed by atoms with E-state index in [9.17, 15) is 9.18 Å². The number of nitrogens with one attached hydrogen (secondary N) is 2. The van der Waals surface area contributed by atoms with Gasteiger partial charge in [-0.15, -0.1) is 0 Å². The molecule has 6 heteroatoms. The minimum Gasteiger partial charge on any atom is -0.348 e. The van der Waals surface area contributed by atoms with E-state index in [4.69, 9.17) is 5.84 Å². The highest BCUT2D eigenvalue weighted by Crippen LogP contribution is 2.08. The van der Waals surface area contributed by atoms with Gasteiger partial charge in [-0.2, -0.15) is 0 Å². The Morgan fingerprint density at radius 1 is 1.33 bits per heavy atom. The highest BCUT2D eigenvalue weighted by molar-refractivity contribution is 5.93. The molecule has 4 N–H and O–H groups in total. The zero-order valence-electron chi connectivity index (χ0n) is 11.6. The lowest BCUT2D eigenvalue weighted by Crippen LogP contribution is -2.34. The number of nitrogens with two attached hydrogens (primary N) is 1. The van der Waals surface area contributed by atoms with Crippen molar-refractivity contribution in [1.82, 2.24) is 10.3 Å². The first-order valence-corrected chi connectivity index (χ1v) is 6.56. The molecule has 0 saturated carbocycles. The Balaban J connectivity index is 1.96. The molecule has 0 aliphatic rings. The molecule has 1 heterocycles. The van der Waals surface area contributed by atoms with Crippen molar-refractivity contribution < 1.29 is 9.18 Å². The van der Waals surface area contributed by atoms with E-state index in [0.29, 0.717) is 12.1 Å². The molecule has 1 aromatic heterocycles. The van der Waals surface area contributed by atoms with Gasteiger partial charge >= 0.3 is 0 Å². The van der Waals surface area contributed by atoms with Gasteiger partial charge in [0.1, 0.15) is 11.5 Å². The maximum absolute atomic E-state index is 12.8. The minimum atomic E-state index is -0.276. The molecule has 2 aromatic rings. The van der Waals surface area contributed by atoms with Crippen molar-refractivity contribution in [2.75, 3.05) is 5.43 Å². The molecule has 2 rings (SSSR count). The summed E-state index contributed by atoms with van der Waals surface area (Å²) in [6, 6.07) is 9.35. The third-order valence-electron chi connectivity index (χ3n) is 2.99. The Hall–Kier alpha value is -2.47. The summed E-state index contributed by atoms with van der Waals surface area (Å²) in [5.74, 6) is 4.75. The van der Waals surface area contributed by atoms with Gasteiger partial charge in [0, 0.05) is 12.2 Å². The first-order valence-electron chi connectivity index (χ1n) is 6.56. The van der Waals surface area contributed by atoms with Crippen LogP contribution in [0.1, 0.15) is 23.0 Å². The van der Waals surface area contributed by atoms with Crippen molar-refractivity contribution in [2.45, 2.75) is 19.4 Å². The molecule has 0 bridgehead atoms. The van der Waals surface area contributed by atoms with Crippen LogP contribution in [0, 0.1) is 5.82 Å². The average Bonchev–Trinajstić information content (AvgIpc) is 2.49. The molecule has 110 valence electrons. The number of carbonyl (C=O) groups is 1. The number of hydrazine groups is 1. The predicted molar refractivity (Wildman–Crippen MR) is 79.1 cm³/mol. The lowest BCUT2D eigenvalue weighted by Gasteiger charge is -2.14. The van der Waals surface area contributed by atoms with Crippen LogP contribution in [0.25, 0.3) is 0 Å². The third-order valence-corrected chi connectivity index (χ3v) is 2.99. The number of rotatable bonds is 5. The van der Waals surface area contributed by atoms with E-state index in [1.54, 1.807) is 24.3 Å². The van der Waals surface area contributed by atoms with Crippen LogP contribution in [0.15, 0.2) is 42.6 Å². The van der Waals surface area contributed by atoms with Gasteiger partial charge in [-0.1, -0.05) is 12.1 Å². The monoisotopic (exact) mass is 288 g/mol. The number of halogens is 1. The van der Waals surface area contributed by atoms with Gasteiger partial charge in [0.25, 0.3) is 5.91 Å².